The van der Waals surface area contributed by atoms with Gasteiger partial charge in [-0.2, -0.15) is 0 Å². The Morgan fingerprint density at radius 2 is 2.05 bits per heavy atom. The molecule has 1 unspecified atom stereocenters. The van der Waals surface area contributed by atoms with Crippen LogP contribution in [0.3, 0.4) is 0 Å². The van der Waals surface area contributed by atoms with Gasteiger partial charge in [0.15, 0.2) is 11.5 Å². The summed E-state index contributed by atoms with van der Waals surface area (Å²) in [6.07, 6.45) is 0. The zero-order valence-corrected chi connectivity index (χ0v) is 12.5. The molecular weight excluding hydrogens is 256 g/mol. The molecule has 1 aromatic carbocycles. The van der Waals surface area contributed by atoms with E-state index in [1.807, 2.05) is 13.1 Å². The molecule has 0 aromatic heterocycles. The average molecular weight is 280 g/mol. The van der Waals surface area contributed by atoms with E-state index >= 15 is 0 Å². The average Bonchev–Trinajstić information content (AvgIpc) is 2.50. The Balaban J connectivity index is 2.03. The Kier molecular flexibility index (Phi) is 5.64. The van der Waals surface area contributed by atoms with Gasteiger partial charge in [-0.25, -0.2) is 0 Å². The summed E-state index contributed by atoms with van der Waals surface area (Å²) in [5.74, 6) is 1.68. The van der Waals surface area contributed by atoms with Gasteiger partial charge >= 0.3 is 0 Å². The van der Waals surface area contributed by atoms with Gasteiger partial charge in [-0.05, 0) is 31.8 Å². The number of benzene rings is 1. The lowest BCUT2D eigenvalue weighted by Crippen LogP contribution is -2.33. The molecule has 112 valence electrons. The molecule has 0 fully saturated rings. The number of ether oxygens (including phenoxy) is 3. The van der Waals surface area contributed by atoms with E-state index in [1.165, 1.54) is 5.56 Å². The molecule has 1 N–H and O–H groups in total. The number of rotatable bonds is 7. The molecule has 1 heterocycles. The second-order valence-electron chi connectivity index (χ2n) is 5.00. The van der Waals surface area contributed by atoms with Crippen LogP contribution < -0.4 is 14.8 Å². The number of nitrogens with one attached hydrogen (secondary N) is 1. The Bertz CT molecular complexity index is 426. The lowest BCUT2D eigenvalue weighted by Gasteiger charge is -2.25. The molecule has 5 nitrogen and oxygen atoms in total. The van der Waals surface area contributed by atoms with Crippen LogP contribution in [0.4, 0.5) is 0 Å². The largest absolute Gasteiger partial charge is 0.486 e. The molecule has 0 spiro atoms. The maximum absolute atomic E-state index is 5.64. The zero-order chi connectivity index (χ0) is 14.4. The summed E-state index contributed by atoms with van der Waals surface area (Å²) in [5.41, 5.74) is 1.21. The molecule has 0 saturated carbocycles. The quantitative estimate of drug-likeness (QED) is 0.815. The number of nitrogens with zero attached hydrogens (tertiary/aromatic N) is 1. The molecule has 1 aliphatic heterocycles. The van der Waals surface area contributed by atoms with E-state index in [1.54, 1.807) is 7.11 Å². The SMILES string of the molecule is CNC(CN(C)CCOC)c1ccc2c(c1)OCCO2. The predicted molar refractivity (Wildman–Crippen MR) is 78.6 cm³/mol. The van der Waals surface area contributed by atoms with Crippen molar-refractivity contribution >= 4 is 0 Å². The predicted octanol–water partition coefficient (Wildman–Crippen LogP) is 1.30. The summed E-state index contributed by atoms with van der Waals surface area (Å²) < 4.78 is 16.3. The lowest BCUT2D eigenvalue weighted by molar-refractivity contribution is 0.155. The van der Waals surface area contributed by atoms with E-state index in [9.17, 15) is 0 Å². The summed E-state index contributed by atoms with van der Waals surface area (Å²) >= 11 is 0. The first-order valence-corrected chi connectivity index (χ1v) is 6.99. The van der Waals surface area contributed by atoms with Gasteiger partial charge in [0.1, 0.15) is 13.2 Å². The minimum absolute atomic E-state index is 0.257. The summed E-state index contributed by atoms with van der Waals surface area (Å²) in [5, 5.41) is 3.35. The highest BCUT2D eigenvalue weighted by Crippen LogP contribution is 2.32. The van der Waals surface area contributed by atoms with Crippen LogP contribution >= 0.6 is 0 Å². The molecule has 5 heteroatoms. The third-order valence-corrected chi connectivity index (χ3v) is 3.49. The maximum atomic E-state index is 5.64. The molecule has 0 saturated heterocycles. The van der Waals surface area contributed by atoms with Crippen molar-refractivity contribution in [2.45, 2.75) is 6.04 Å². The maximum Gasteiger partial charge on any atom is 0.161 e. The van der Waals surface area contributed by atoms with Crippen molar-refractivity contribution in [1.29, 1.82) is 0 Å². The molecule has 0 radical (unpaired) electrons. The Morgan fingerprint density at radius 3 is 2.75 bits per heavy atom. The number of hydrogen-bond acceptors (Lipinski definition) is 5. The van der Waals surface area contributed by atoms with Crippen LogP contribution in [0.2, 0.25) is 0 Å². The van der Waals surface area contributed by atoms with Crippen LogP contribution in [0.5, 0.6) is 11.5 Å². The molecule has 1 aromatic rings. The molecular formula is C15H24N2O3. The van der Waals surface area contributed by atoms with Crippen LogP contribution in [-0.2, 0) is 4.74 Å². The lowest BCUT2D eigenvalue weighted by atomic mass is 10.1. The molecule has 1 aliphatic rings. The van der Waals surface area contributed by atoms with Crippen molar-refractivity contribution in [3.05, 3.63) is 23.8 Å². The fourth-order valence-corrected chi connectivity index (χ4v) is 2.29. The van der Waals surface area contributed by atoms with Gasteiger partial charge < -0.3 is 24.4 Å². The molecule has 1 atom stereocenters. The molecule has 0 amide bonds. The number of methoxy groups -OCH3 is 1. The van der Waals surface area contributed by atoms with E-state index < -0.39 is 0 Å². The normalized spacial score (nSPS) is 15.4. The first kappa shape index (κ1) is 15.1. The van der Waals surface area contributed by atoms with E-state index in [0.29, 0.717) is 13.2 Å². The van der Waals surface area contributed by atoms with Crippen LogP contribution in [0.1, 0.15) is 11.6 Å². The third kappa shape index (κ3) is 3.85. The minimum Gasteiger partial charge on any atom is -0.486 e. The molecule has 0 aliphatic carbocycles. The third-order valence-electron chi connectivity index (χ3n) is 3.49. The number of hydrogen-bond donors (Lipinski definition) is 1. The van der Waals surface area contributed by atoms with Crippen LogP contribution in [0, 0.1) is 0 Å². The molecule has 2 rings (SSSR count). The highest BCUT2D eigenvalue weighted by Gasteiger charge is 2.17. The van der Waals surface area contributed by atoms with Gasteiger partial charge in [0.25, 0.3) is 0 Å². The second kappa shape index (κ2) is 7.47. The number of fused-ring (bicyclic) bond motifs is 1. The van der Waals surface area contributed by atoms with Gasteiger partial charge in [0.2, 0.25) is 0 Å². The summed E-state index contributed by atoms with van der Waals surface area (Å²) in [6, 6.07) is 6.41. The fraction of sp³-hybridized carbons (Fsp3) is 0.600. The monoisotopic (exact) mass is 280 g/mol. The first-order valence-electron chi connectivity index (χ1n) is 6.99. The van der Waals surface area contributed by atoms with Gasteiger partial charge in [-0.3, -0.25) is 0 Å². The summed E-state index contributed by atoms with van der Waals surface area (Å²) in [4.78, 5) is 2.25. The fourth-order valence-electron chi connectivity index (χ4n) is 2.29. The molecule has 0 bridgehead atoms. The van der Waals surface area contributed by atoms with Crippen molar-refractivity contribution in [1.82, 2.24) is 10.2 Å². The topological polar surface area (TPSA) is 43.0 Å². The number of likely N-dealkylation sites (N-methyl/N-ethyl adjacent to an activating group) is 2. The van der Waals surface area contributed by atoms with E-state index in [4.69, 9.17) is 14.2 Å². The van der Waals surface area contributed by atoms with Gasteiger partial charge in [0, 0.05) is 26.2 Å². The van der Waals surface area contributed by atoms with Gasteiger partial charge in [-0.1, -0.05) is 6.07 Å². The Morgan fingerprint density at radius 1 is 1.30 bits per heavy atom. The van der Waals surface area contributed by atoms with E-state index in [2.05, 4.69) is 29.4 Å². The molecule has 20 heavy (non-hydrogen) atoms. The highest BCUT2D eigenvalue weighted by atomic mass is 16.6. The van der Waals surface area contributed by atoms with Crippen molar-refractivity contribution in [3.8, 4) is 11.5 Å². The van der Waals surface area contributed by atoms with Crippen LogP contribution in [0.25, 0.3) is 0 Å². The van der Waals surface area contributed by atoms with E-state index in [0.717, 1.165) is 31.2 Å². The van der Waals surface area contributed by atoms with Crippen molar-refractivity contribution < 1.29 is 14.2 Å². The second-order valence-corrected chi connectivity index (χ2v) is 5.00. The Hall–Kier alpha value is -1.30. The van der Waals surface area contributed by atoms with Crippen LogP contribution in [-0.4, -0.2) is 59.0 Å². The summed E-state index contributed by atoms with van der Waals surface area (Å²) in [6.45, 7) is 3.82. The van der Waals surface area contributed by atoms with Gasteiger partial charge in [-0.15, -0.1) is 0 Å². The zero-order valence-electron chi connectivity index (χ0n) is 12.5. The van der Waals surface area contributed by atoms with Crippen molar-refractivity contribution in [2.75, 3.05) is 54.1 Å². The van der Waals surface area contributed by atoms with E-state index in [-0.39, 0.29) is 6.04 Å². The van der Waals surface area contributed by atoms with Crippen molar-refractivity contribution in [3.63, 3.8) is 0 Å². The standard InChI is InChI=1S/C15H24N2O3/c1-16-13(11-17(2)6-7-18-3)12-4-5-14-15(10-12)20-9-8-19-14/h4-5,10,13,16H,6-9,11H2,1-3H3. The summed E-state index contributed by atoms with van der Waals surface area (Å²) in [7, 11) is 5.80. The highest BCUT2D eigenvalue weighted by molar-refractivity contribution is 5.44. The Labute approximate surface area is 120 Å². The van der Waals surface area contributed by atoms with Gasteiger partial charge in [0.05, 0.1) is 6.61 Å². The van der Waals surface area contributed by atoms with Crippen LogP contribution in [0.15, 0.2) is 18.2 Å². The first-order chi connectivity index (χ1) is 9.74. The van der Waals surface area contributed by atoms with Crippen molar-refractivity contribution in [2.24, 2.45) is 0 Å². The minimum atomic E-state index is 0.257. The smallest absolute Gasteiger partial charge is 0.161 e.